The smallest absolute Gasteiger partial charge is 0.140 e. The highest BCUT2D eigenvalue weighted by molar-refractivity contribution is 5.79. The summed E-state index contributed by atoms with van der Waals surface area (Å²) in [6.45, 7) is 3.13. The molecule has 6 heteroatoms. The molecule has 0 fully saturated rings. The lowest BCUT2D eigenvalue weighted by molar-refractivity contribution is 0.150. The molecule has 21 heavy (non-hydrogen) atoms. The van der Waals surface area contributed by atoms with Crippen LogP contribution in [0, 0.1) is 0 Å². The van der Waals surface area contributed by atoms with E-state index in [1.54, 1.807) is 14.2 Å². The van der Waals surface area contributed by atoms with Gasteiger partial charge in [0.15, 0.2) is 0 Å². The van der Waals surface area contributed by atoms with E-state index in [2.05, 4.69) is 22.2 Å². The molecule has 1 rings (SSSR count). The minimum Gasteiger partial charge on any atom is -0.497 e. The van der Waals surface area contributed by atoms with E-state index in [0.717, 1.165) is 31.8 Å². The molecule has 0 spiro atoms. The van der Waals surface area contributed by atoms with Crippen LogP contribution in [0.15, 0.2) is 29.4 Å². The maximum atomic E-state index is 8.59. The van der Waals surface area contributed by atoms with E-state index in [1.165, 1.54) is 5.56 Å². The largest absolute Gasteiger partial charge is 0.497 e. The van der Waals surface area contributed by atoms with Gasteiger partial charge in [-0.2, -0.15) is 0 Å². The monoisotopic (exact) mass is 295 g/mol. The van der Waals surface area contributed by atoms with Crippen molar-refractivity contribution in [3.63, 3.8) is 0 Å². The number of nitrogens with zero attached hydrogens (tertiary/aromatic N) is 2. The molecule has 1 aromatic carbocycles. The van der Waals surface area contributed by atoms with Crippen LogP contribution >= 0.6 is 0 Å². The molecule has 0 amide bonds. The number of nitrogens with two attached hydrogens (primary N) is 1. The lowest BCUT2D eigenvalue weighted by Crippen LogP contribution is -2.33. The van der Waals surface area contributed by atoms with Crippen LogP contribution in [-0.2, 0) is 11.2 Å². The van der Waals surface area contributed by atoms with E-state index < -0.39 is 0 Å². The van der Waals surface area contributed by atoms with E-state index in [-0.39, 0.29) is 5.84 Å². The van der Waals surface area contributed by atoms with Gasteiger partial charge in [-0.1, -0.05) is 17.3 Å². The van der Waals surface area contributed by atoms with Crippen molar-refractivity contribution in [2.45, 2.75) is 12.8 Å². The summed E-state index contributed by atoms with van der Waals surface area (Å²) in [4.78, 5) is 2.24. The van der Waals surface area contributed by atoms with Gasteiger partial charge in [0.25, 0.3) is 0 Å². The average molecular weight is 295 g/mol. The first-order chi connectivity index (χ1) is 10.2. The highest BCUT2D eigenvalue weighted by Gasteiger charge is 2.07. The summed E-state index contributed by atoms with van der Waals surface area (Å²) < 4.78 is 10.3. The Morgan fingerprint density at radius 1 is 1.19 bits per heavy atom. The van der Waals surface area contributed by atoms with E-state index >= 15 is 0 Å². The molecule has 0 saturated heterocycles. The molecule has 0 heterocycles. The van der Waals surface area contributed by atoms with Gasteiger partial charge in [0.05, 0.1) is 13.7 Å². The van der Waals surface area contributed by atoms with Crippen molar-refractivity contribution in [3.8, 4) is 5.75 Å². The van der Waals surface area contributed by atoms with Crippen LogP contribution in [0.4, 0.5) is 0 Å². The number of hydrogen-bond donors (Lipinski definition) is 2. The Hall–Kier alpha value is -1.79. The Kier molecular flexibility index (Phi) is 8.23. The van der Waals surface area contributed by atoms with E-state index in [0.29, 0.717) is 13.0 Å². The second-order valence-corrected chi connectivity index (χ2v) is 4.77. The maximum Gasteiger partial charge on any atom is 0.140 e. The minimum atomic E-state index is 0.252. The molecular weight excluding hydrogens is 270 g/mol. The lowest BCUT2D eigenvalue weighted by atomic mass is 10.1. The summed E-state index contributed by atoms with van der Waals surface area (Å²) in [5.74, 6) is 1.11. The Morgan fingerprint density at radius 2 is 1.90 bits per heavy atom. The van der Waals surface area contributed by atoms with Crippen LogP contribution in [0.2, 0.25) is 0 Å². The Bertz CT molecular complexity index is 421. The Morgan fingerprint density at radius 3 is 2.48 bits per heavy atom. The fourth-order valence-electron chi connectivity index (χ4n) is 1.96. The third kappa shape index (κ3) is 6.97. The van der Waals surface area contributed by atoms with Crippen molar-refractivity contribution in [1.29, 1.82) is 0 Å². The molecule has 0 unspecified atom stereocenters. The molecule has 0 radical (unpaired) electrons. The molecule has 118 valence electrons. The summed E-state index contributed by atoms with van der Waals surface area (Å²) >= 11 is 0. The van der Waals surface area contributed by atoms with Crippen LogP contribution in [0.3, 0.4) is 0 Å². The summed E-state index contributed by atoms with van der Waals surface area (Å²) in [7, 11) is 3.35. The first-order valence-corrected chi connectivity index (χ1v) is 7.00. The number of methoxy groups -OCH3 is 2. The number of hydrogen-bond acceptors (Lipinski definition) is 5. The topological polar surface area (TPSA) is 80.3 Å². The Labute approximate surface area is 126 Å². The molecule has 0 aliphatic carbocycles. The highest BCUT2D eigenvalue weighted by Crippen LogP contribution is 2.12. The highest BCUT2D eigenvalue weighted by atomic mass is 16.5. The summed E-state index contributed by atoms with van der Waals surface area (Å²) in [5.41, 5.74) is 6.77. The first-order valence-electron chi connectivity index (χ1n) is 7.00. The van der Waals surface area contributed by atoms with Gasteiger partial charge in [0.2, 0.25) is 0 Å². The van der Waals surface area contributed by atoms with Crippen LogP contribution < -0.4 is 10.5 Å². The molecule has 0 aliphatic heterocycles. The molecule has 0 aromatic heterocycles. The molecule has 3 N–H and O–H groups in total. The van der Waals surface area contributed by atoms with Gasteiger partial charge in [-0.3, -0.25) is 0 Å². The fraction of sp³-hybridized carbons (Fsp3) is 0.533. The van der Waals surface area contributed by atoms with E-state index in [1.807, 2.05) is 12.1 Å². The molecule has 0 atom stereocenters. The molecule has 0 aliphatic rings. The number of ether oxygens (including phenoxy) is 2. The van der Waals surface area contributed by atoms with Crippen molar-refractivity contribution in [1.82, 2.24) is 4.90 Å². The normalized spacial score (nSPS) is 11.9. The van der Waals surface area contributed by atoms with Gasteiger partial charge in [-0.15, -0.1) is 0 Å². The fourth-order valence-corrected chi connectivity index (χ4v) is 1.96. The number of rotatable bonds is 10. The predicted molar refractivity (Wildman–Crippen MR) is 83.0 cm³/mol. The van der Waals surface area contributed by atoms with Gasteiger partial charge in [0.1, 0.15) is 11.6 Å². The second-order valence-electron chi connectivity index (χ2n) is 4.77. The van der Waals surface area contributed by atoms with Crippen molar-refractivity contribution < 1.29 is 14.7 Å². The zero-order valence-corrected chi connectivity index (χ0v) is 12.8. The number of amidine groups is 1. The number of oxime groups is 1. The molecule has 0 saturated carbocycles. The maximum absolute atomic E-state index is 8.59. The number of benzene rings is 1. The summed E-state index contributed by atoms with van der Waals surface area (Å²) in [6, 6.07) is 8.06. The van der Waals surface area contributed by atoms with Crippen LogP contribution in [0.5, 0.6) is 5.75 Å². The van der Waals surface area contributed by atoms with Gasteiger partial charge < -0.3 is 25.3 Å². The first kappa shape index (κ1) is 17.3. The standard InChI is InChI=1S/C15H25N3O3/c1-20-12-11-18(10-8-15(16)17-19)9-7-13-3-5-14(21-2)6-4-13/h3-6,19H,7-12H2,1-2H3,(H2,16,17). The second kappa shape index (κ2) is 10.0. The van der Waals surface area contributed by atoms with Crippen LogP contribution in [0.25, 0.3) is 0 Å². The average Bonchev–Trinajstić information content (AvgIpc) is 2.54. The Balaban J connectivity index is 2.46. The van der Waals surface area contributed by atoms with Crippen molar-refractivity contribution >= 4 is 5.84 Å². The zero-order valence-electron chi connectivity index (χ0n) is 12.8. The van der Waals surface area contributed by atoms with E-state index in [9.17, 15) is 0 Å². The van der Waals surface area contributed by atoms with Crippen molar-refractivity contribution in [3.05, 3.63) is 29.8 Å². The van der Waals surface area contributed by atoms with Gasteiger partial charge in [0, 0.05) is 33.2 Å². The summed E-state index contributed by atoms with van der Waals surface area (Å²) in [5, 5.41) is 11.6. The lowest BCUT2D eigenvalue weighted by Gasteiger charge is -2.21. The molecule has 0 bridgehead atoms. The molecule has 1 aromatic rings. The summed E-state index contributed by atoms with van der Waals surface area (Å²) in [6.07, 6.45) is 1.48. The van der Waals surface area contributed by atoms with Gasteiger partial charge in [-0.05, 0) is 24.1 Å². The van der Waals surface area contributed by atoms with Crippen molar-refractivity contribution in [2.24, 2.45) is 10.9 Å². The quantitative estimate of drug-likeness (QED) is 0.294. The third-order valence-electron chi connectivity index (χ3n) is 3.30. The SMILES string of the molecule is COCCN(CCC(N)=NO)CCc1ccc(OC)cc1. The zero-order chi connectivity index (χ0) is 15.5. The predicted octanol–water partition coefficient (Wildman–Crippen LogP) is 1.32. The van der Waals surface area contributed by atoms with Gasteiger partial charge >= 0.3 is 0 Å². The molecular formula is C15H25N3O3. The van der Waals surface area contributed by atoms with Crippen LogP contribution in [0.1, 0.15) is 12.0 Å². The van der Waals surface area contributed by atoms with E-state index in [4.69, 9.17) is 20.4 Å². The van der Waals surface area contributed by atoms with Gasteiger partial charge in [-0.25, -0.2) is 0 Å². The third-order valence-corrected chi connectivity index (χ3v) is 3.30. The van der Waals surface area contributed by atoms with Crippen molar-refractivity contribution in [2.75, 3.05) is 40.5 Å². The van der Waals surface area contributed by atoms with Crippen LogP contribution in [-0.4, -0.2) is 56.4 Å². The molecule has 6 nitrogen and oxygen atoms in total. The minimum absolute atomic E-state index is 0.252.